The summed E-state index contributed by atoms with van der Waals surface area (Å²) in [6.45, 7) is 6.10. The zero-order valence-corrected chi connectivity index (χ0v) is 12.2. The van der Waals surface area contributed by atoms with E-state index in [0.29, 0.717) is 12.0 Å². The van der Waals surface area contributed by atoms with Gasteiger partial charge in [-0.15, -0.1) is 0 Å². The van der Waals surface area contributed by atoms with Crippen molar-refractivity contribution in [1.82, 2.24) is 9.36 Å². The molecule has 0 spiro atoms. The molecule has 1 heterocycles. The van der Waals surface area contributed by atoms with Crippen LogP contribution in [-0.4, -0.2) is 28.5 Å². The monoisotopic (exact) mass is 268 g/mol. The van der Waals surface area contributed by atoms with Crippen molar-refractivity contribution in [1.29, 1.82) is 0 Å². The maximum absolute atomic E-state index is 5.94. The van der Waals surface area contributed by atoms with Gasteiger partial charge < -0.3 is 10.6 Å². The van der Waals surface area contributed by atoms with Gasteiger partial charge in [0.1, 0.15) is 5.82 Å². The van der Waals surface area contributed by atoms with Crippen LogP contribution in [0.2, 0.25) is 0 Å². The molecule has 2 atom stereocenters. The van der Waals surface area contributed by atoms with E-state index in [9.17, 15) is 0 Å². The van der Waals surface area contributed by atoms with Crippen molar-refractivity contribution in [3.63, 3.8) is 0 Å². The third-order valence-corrected chi connectivity index (χ3v) is 4.72. The van der Waals surface area contributed by atoms with Crippen molar-refractivity contribution in [3.05, 3.63) is 5.82 Å². The molecule has 1 aliphatic rings. The van der Waals surface area contributed by atoms with Crippen molar-refractivity contribution < 1.29 is 0 Å². The molecule has 102 valence electrons. The maximum Gasteiger partial charge on any atom is 0.205 e. The number of anilines is 1. The van der Waals surface area contributed by atoms with Crippen LogP contribution in [0.4, 0.5) is 5.13 Å². The summed E-state index contributed by atoms with van der Waals surface area (Å²) in [5.41, 5.74) is 5.94. The van der Waals surface area contributed by atoms with Gasteiger partial charge >= 0.3 is 0 Å². The molecule has 1 aromatic rings. The standard InChI is InChI=1S/C13H24N4S/c1-3-12-15-13(18-16-12)17(4-2)11-8-6-5-7-10(11)9-14/h10-11H,3-9,14H2,1-2H3. The molecule has 4 nitrogen and oxygen atoms in total. The van der Waals surface area contributed by atoms with Gasteiger partial charge in [0.2, 0.25) is 5.13 Å². The Balaban J connectivity index is 2.15. The Hall–Kier alpha value is -0.680. The molecule has 0 radical (unpaired) electrons. The van der Waals surface area contributed by atoms with Crippen LogP contribution in [0.25, 0.3) is 0 Å². The number of rotatable bonds is 5. The van der Waals surface area contributed by atoms with Gasteiger partial charge in [0.25, 0.3) is 0 Å². The van der Waals surface area contributed by atoms with Crippen molar-refractivity contribution >= 4 is 16.7 Å². The van der Waals surface area contributed by atoms with E-state index in [1.165, 1.54) is 37.2 Å². The number of nitrogens with zero attached hydrogens (tertiary/aromatic N) is 3. The van der Waals surface area contributed by atoms with E-state index in [-0.39, 0.29) is 0 Å². The summed E-state index contributed by atoms with van der Waals surface area (Å²) in [7, 11) is 0. The quantitative estimate of drug-likeness (QED) is 0.891. The lowest BCUT2D eigenvalue weighted by molar-refractivity contribution is 0.300. The highest BCUT2D eigenvalue weighted by atomic mass is 32.1. The van der Waals surface area contributed by atoms with Crippen LogP contribution in [0.15, 0.2) is 0 Å². The molecule has 0 amide bonds. The highest BCUT2D eigenvalue weighted by Gasteiger charge is 2.30. The Morgan fingerprint density at radius 2 is 2.11 bits per heavy atom. The molecule has 2 unspecified atom stereocenters. The molecular formula is C13H24N4S. The van der Waals surface area contributed by atoms with Gasteiger partial charge in [-0.2, -0.15) is 4.37 Å². The van der Waals surface area contributed by atoms with Crippen molar-refractivity contribution in [3.8, 4) is 0 Å². The van der Waals surface area contributed by atoms with Crippen LogP contribution in [0, 0.1) is 5.92 Å². The first kappa shape index (κ1) is 13.7. The summed E-state index contributed by atoms with van der Waals surface area (Å²) in [5.74, 6) is 1.58. The minimum atomic E-state index is 0.561. The Labute approximate surface area is 114 Å². The predicted octanol–water partition coefficient (Wildman–Crippen LogP) is 2.44. The van der Waals surface area contributed by atoms with Crippen LogP contribution >= 0.6 is 11.5 Å². The van der Waals surface area contributed by atoms with Crippen molar-refractivity contribution in [2.45, 2.75) is 52.0 Å². The predicted molar refractivity (Wildman–Crippen MR) is 77.1 cm³/mol. The molecule has 18 heavy (non-hydrogen) atoms. The number of hydrogen-bond acceptors (Lipinski definition) is 5. The minimum Gasteiger partial charge on any atom is -0.344 e. The Morgan fingerprint density at radius 1 is 1.33 bits per heavy atom. The van der Waals surface area contributed by atoms with Gasteiger partial charge in [0, 0.05) is 30.5 Å². The van der Waals surface area contributed by atoms with Gasteiger partial charge in [0.05, 0.1) is 0 Å². The first-order valence-corrected chi connectivity index (χ1v) is 7.86. The third kappa shape index (κ3) is 2.83. The number of hydrogen-bond donors (Lipinski definition) is 1. The number of aromatic nitrogens is 2. The summed E-state index contributed by atoms with van der Waals surface area (Å²) in [6, 6.07) is 0.561. The van der Waals surface area contributed by atoms with E-state index in [0.717, 1.165) is 30.5 Å². The first-order valence-electron chi connectivity index (χ1n) is 7.09. The molecule has 0 bridgehead atoms. The summed E-state index contributed by atoms with van der Waals surface area (Å²) >= 11 is 1.54. The summed E-state index contributed by atoms with van der Waals surface area (Å²) in [6.07, 6.45) is 6.07. The second-order valence-corrected chi connectivity index (χ2v) is 5.71. The average molecular weight is 268 g/mol. The zero-order chi connectivity index (χ0) is 13.0. The van der Waals surface area contributed by atoms with Crippen molar-refractivity contribution in [2.75, 3.05) is 18.0 Å². The normalized spacial score (nSPS) is 24.2. The molecule has 1 aliphatic carbocycles. The Morgan fingerprint density at radius 3 is 2.72 bits per heavy atom. The molecule has 1 aromatic heterocycles. The minimum absolute atomic E-state index is 0.561. The summed E-state index contributed by atoms with van der Waals surface area (Å²) in [4.78, 5) is 7.06. The smallest absolute Gasteiger partial charge is 0.205 e. The molecular weight excluding hydrogens is 244 g/mol. The maximum atomic E-state index is 5.94. The lowest BCUT2D eigenvalue weighted by Gasteiger charge is -2.38. The Bertz CT molecular complexity index is 366. The van der Waals surface area contributed by atoms with E-state index in [1.54, 1.807) is 0 Å². The molecule has 5 heteroatoms. The summed E-state index contributed by atoms with van der Waals surface area (Å²) < 4.78 is 4.41. The summed E-state index contributed by atoms with van der Waals surface area (Å²) in [5, 5.41) is 1.08. The van der Waals surface area contributed by atoms with E-state index < -0.39 is 0 Å². The van der Waals surface area contributed by atoms with E-state index in [1.807, 2.05) is 0 Å². The molecule has 0 aliphatic heterocycles. The molecule has 0 aromatic carbocycles. The zero-order valence-electron chi connectivity index (χ0n) is 11.4. The lowest BCUT2D eigenvalue weighted by atomic mass is 9.83. The van der Waals surface area contributed by atoms with Gasteiger partial charge in [-0.25, -0.2) is 4.98 Å². The fourth-order valence-electron chi connectivity index (χ4n) is 2.89. The molecule has 1 saturated carbocycles. The fourth-order valence-corrected chi connectivity index (χ4v) is 3.76. The average Bonchev–Trinajstić information content (AvgIpc) is 2.89. The second-order valence-electron chi connectivity index (χ2n) is 4.98. The van der Waals surface area contributed by atoms with E-state index >= 15 is 0 Å². The van der Waals surface area contributed by atoms with E-state index in [4.69, 9.17) is 5.73 Å². The Kier molecular flexibility index (Phi) is 4.95. The van der Waals surface area contributed by atoms with Crippen LogP contribution < -0.4 is 10.6 Å². The van der Waals surface area contributed by atoms with Gasteiger partial charge in [0.15, 0.2) is 0 Å². The largest absolute Gasteiger partial charge is 0.344 e. The van der Waals surface area contributed by atoms with Crippen LogP contribution in [0.1, 0.15) is 45.4 Å². The SMILES string of the molecule is CCc1nsc(N(CC)C2CCCCC2CN)n1. The number of nitrogens with two attached hydrogens (primary N) is 1. The van der Waals surface area contributed by atoms with Gasteiger partial charge in [-0.05, 0) is 32.2 Å². The lowest BCUT2D eigenvalue weighted by Crippen LogP contribution is -2.45. The van der Waals surface area contributed by atoms with Crippen LogP contribution in [0.3, 0.4) is 0 Å². The molecule has 2 N–H and O–H groups in total. The van der Waals surface area contributed by atoms with Crippen molar-refractivity contribution in [2.24, 2.45) is 11.7 Å². The molecule has 0 saturated heterocycles. The second kappa shape index (κ2) is 6.48. The highest BCUT2D eigenvalue weighted by Crippen LogP contribution is 2.31. The van der Waals surface area contributed by atoms with E-state index in [2.05, 4.69) is 28.1 Å². The van der Waals surface area contributed by atoms with Gasteiger partial charge in [-0.1, -0.05) is 19.8 Å². The molecule has 1 fully saturated rings. The van der Waals surface area contributed by atoms with Crippen LogP contribution in [-0.2, 0) is 6.42 Å². The first-order chi connectivity index (χ1) is 8.80. The van der Waals surface area contributed by atoms with Crippen LogP contribution in [0.5, 0.6) is 0 Å². The van der Waals surface area contributed by atoms with Gasteiger partial charge in [-0.3, -0.25) is 0 Å². The topological polar surface area (TPSA) is 55.0 Å². The third-order valence-electron chi connectivity index (χ3n) is 3.93. The highest BCUT2D eigenvalue weighted by molar-refractivity contribution is 7.09. The molecule has 2 rings (SSSR count). The number of aryl methyl sites for hydroxylation is 1. The fraction of sp³-hybridized carbons (Fsp3) is 0.846.